The number of ether oxygens (including phenoxy) is 1. The van der Waals surface area contributed by atoms with Crippen molar-refractivity contribution in [2.75, 3.05) is 24.6 Å². The summed E-state index contributed by atoms with van der Waals surface area (Å²) in [7, 11) is 1.64. The second-order valence-electron chi connectivity index (χ2n) is 8.86. The monoisotopic (exact) mass is 493 g/mol. The first-order valence-corrected chi connectivity index (χ1v) is 11.7. The minimum atomic E-state index is -0.548. The van der Waals surface area contributed by atoms with Crippen LogP contribution < -0.4 is 10.5 Å². The summed E-state index contributed by atoms with van der Waals surface area (Å²) in [6, 6.07) is 10.2. The summed E-state index contributed by atoms with van der Waals surface area (Å²) in [5.74, 6) is 0.622. The van der Waals surface area contributed by atoms with E-state index in [1.807, 2.05) is 26.0 Å². The first-order valence-electron chi connectivity index (χ1n) is 11.4. The topological polar surface area (TPSA) is 73.1 Å². The van der Waals surface area contributed by atoms with E-state index >= 15 is 4.39 Å². The second kappa shape index (κ2) is 9.02. The van der Waals surface area contributed by atoms with Gasteiger partial charge in [0.15, 0.2) is 0 Å². The Hall–Kier alpha value is -3.36. The molecule has 0 radical (unpaired) electrons. The normalized spacial score (nSPS) is 16.2. The van der Waals surface area contributed by atoms with Crippen molar-refractivity contribution in [3.05, 3.63) is 80.4 Å². The fraction of sp³-hybridized carbons (Fsp3) is 0.308. The predicted octanol–water partition coefficient (Wildman–Crippen LogP) is 4.69. The lowest BCUT2D eigenvalue weighted by atomic mass is 10.1. The molecule has 9 heteroatoms. The van der Waals surface area contributed by atoms with Gasteiger partial charge in [-0.2, -0.15) is 0 Å². The van der Waals surface area contributed by atoms with E-state index in [1.54, 1.807) is 32.2 Å². The van der Waals surface area contributed by atoms with Gasteiger partial charge in [0.25, 0.3) is 5.56 Å². The predicted molar refractivity (Wildman–Crippen MR) is 135 cm³/mol. The van der Waals surface area contributed by atoms with Gasteiger partial charge in [-0.25, -0.2) is 14.4 Å². The molecule has 1 saturated heterocycles. The van der Waals surface area contributed by atoms with E-state index in [0.29, 0.717) is 36.9 Å². The maximum absolute atomic E-state index is 15.0. The van der Waals surface area contributed by atoms with Gasteiger partial charge in [0.2, 0.25) is 0 Å². The fourth-order valence-electron chi connectivity index (χ4n) is 4.53. The lowest BCUT2D eigenvalue weighted by Gasteiger charge is -2.34. The summed E-state index contributed by atoms with van der Waals surface area (Å²) in [5, 5.41) is 0.542. The highest BCUT2D eigenvalue weighted by Crippen LogP contribution is 2.33. The number of anilines is 1. The molecular formula is C26H25ClFN5O2. The molecule has 1 unspecified atom stereocenters. The summed E-state index contributed by atoms with van der Waals surface area (Å²) in [6.07, 6.45) is -0.171. The minimum Gasteiger partial charge on any atom is -0.370 e. The van der Waals surface area contributed by atoms with Crippen LogP contribution in [0.1, 0.15) is 28.9 Å². The number of hydrogen-bond acceptors (Lipinski definition) is 6. The zero-order valence-corrected chi connectivity index (χ0v) is 20.7. The third-order valence-electron chi connectivity index (χ3n) is 6.32. The van der Waals surface area contributed by atoms with Gasteiger partial charge in [-0.3, -0.25) is 14.3 Å². The molecule has 0 spiro atoms. The van der Waals surface area contributed by atoms with E-state index in [9.17, 15) is 4.79 Å². The van der Waals surface area contributed by atoms with Crippen LogP contribution in [0.5, 0.6) is 0 Å². The number of morpholine rings is 1. The van der Waals surface area contributed by atoms with Crippen molar-refractivity contribution >= 4 is 28.3 Å². The first-order chi connectivity index (χ1) is 16.7. The Morgan fingerprint density at radius 3 is 2.51 bits per heavy atom. The van der Waals surface area contributed by atoms with Crippen molar-refractivity contribution in [1.82, 2.24) is 19.5 Å². The number of pyridine rings is 2. The molecule has 3 aromatic heterocycles. The number of benzene rings is 1. The van der Waals surface area contributed by atoms with E-state index in [1.165, 1.54) is 10.6 Å². The number of aryl methyl sites for hydroxylation is 3. The van der Waals surface area contributed by atoms with Crippen LogP contribution in [-0.4, -0.2) is 39.2 Å². The van der Waals surface area contributed by atoms with Crippen LogP contribution >= 0.6 is 11.6 Å². The maximum atomic E-state index is 15.0. The Labute approximate surface area is 207 Å². The van der Waals surface area contributed by atoms with Crippen LogP contribution in [-0.2, 0) is 11.8 Å². The van der Waals surface area contributed by atoms with Gasteiger partial charge in [-0.05, 0) is 56.7 Å². The molecule has 4 aromatic rings. The van der Waals surface area contributed by atoms with E-state index in [0.717, 1.165) is 17.0 Å². The van der Waals surface area contributed by atoms with Crippen molar-refractivity contribution in [1.29, 1.82) is 0 Å². The lowest BCUT2D eigenvalue weighted by Crippen LogP contribution is -2.39. The second-order valence-corrected chi connectivity index (χ2v) is 9.30. The quantitative estimate of drug-likeness (QED) is 0.412. The number of fused-ring (bicyclic) bond motifs is 1. The molecule has 1 fully saturated rings. The molecule has 1 aromatic carbocycles. The van der Waals surface area contributed by atoms with Crippen LogP contribution in [0.2, 0.25) is 5.02 Å². The van der Waals surface area contributed by atoms with Gasteiger partial charge in [0.1, 0.15) is 23.6 Å². The smallest absolute Gasteiger partial charge is 0.263 e. The Kier molecular flexibility index (Phi) is 6.02. The zero-order chi connectivity index (χ0) is 24.9. The number of aromatic nitrogens is 4. The minimum absolute atomic E-state index is 0.171. The Morgan fingerprint density at radius 2 is 1.80 bits per heavy atom. The highest BCUT2D eigenvalue weighted by Gasteiger charge is 2.26. The molecule has 1 aliphatic heterocycles. The molecule has 0 bridgehead atoms. The molecule has 4 heterocycles. The van der Waals surface area contributed by atoms with Crippen molar-refractivity contribution in [2.45, 2.75) is 26.9 Å². The van der Waals surface area contributed by atoms with E-state index in [2.05, 4.69) is 14.9 Å². The zero-order valence-electron chi connectivity index (χ0n) is 20.0. The van der Waals surface area contributed by atoms with Crippen LogP contribution in [0.25, 0.3) is 22.2 Å². The molecule has 0 N–H and O–H groups in total. The average Bonchev–Trinajstić information content (AvgIpc) is 2.81. The van der Waals surface area contributed by atoms with Crippen molar-refractivity contribution < 1.29 is 9.13 Å². The molecule has 180 valence electrons. The summed E-state index contributed by atoms with van der Waals surface area (Å²) in [6.45, 7) is 7.34. The molecule has 0 amide bonds. The summed E-state index contributed by atoms with van der Waals surface area (Å²) in [4.78, 5) is 29.2. The van der Waals surface area contributed by atoms with Gasteiger partial charge in [-0.15, -0.1) is 0 Å². The molecule has 1 atom stereocenters. The van der Waals surface area contributed by atoms with Gasteiger partial charge in [0, 0.05) is 48.2 Å². The molecule has 7 nitrogen and oxygen atoms in total. The van der Waals surface area contributed by atoms with Crippen LogP contribution in [0.15, 0.2) is 41.2 Å². The van der Waals surface area contributed by atoms with Gasteiger partial charge < -0.3 is 9.64 Å². The van der Waals surface area contributed by atoms with Crippen LogP contribution in [0.4, 0.5) is 10.2 Å². The van der Waals surface area contributed by atoms with Crippen LogP contribution in [0, 0.1) is 26.6 Å². The van der Waals surface area contributed by atoms with Gasteiger partial charge in [-0.1, -0.05) is 11.6 Å². The Bertz CT molecular complexity index is 1500. The molecular weight excluding hydrogens is 469 g/mol. The van der Waals surface area contributed by atoms with Crippen LogP contribution in [0.3, 0.4) is 0 Å². The Morgan fingerprint density at radius 1 is 1.06 bits per heavy atom. The molecule has 0 saturated carbocycles. The molecule has 35 heavy (non-hydrogen) atoms. The maximum Gasteiger partial charge on any atom is 0.263 e. The van der Waals surface area contributed by atoms with Gasteiger partial charge in [0.05, 0.1) is 23.2 Å². The molecule has 5 rings (SSSR count). The lowest BCUT2D eigenvalue weighted by molar-refractivity contribution is 0.0394. The van der Waals surface area contributed by atoms with Gasteiger partial charge >= 0.3 is 0 Å². The largest absolute Gasteiger partial charge is 0.370 e. The van der Waals surface area contributed by atoms with E-state index in [4.69, 9.17) is 21.3 Å². The average molecular weight is 494 g/mol. The van der Waals surface area contributed by atoms with Crippen molar-refractivity contribution in [2.24, 2.45) is 7.05 Å². The number of hydrogen-bond donors (Lipinski definition) is 0. The standard InChI is InChI=1S/C26H25ClFN5O2/c1-14-9-17(10-15(2)29-14)22-13-33(7-8-35-22)23-12-21-24(26(34)32(4)16(3)30-21)25(31-23)19-6-5-18(27)11-20(19)28/h5-6,9-12,22H,7-8,13H2,1-4H3. The van der Waals surface area contributed by atoms with Crippen molar-refractivity contribution in [3.8, 4) is 11.3 Å². The number of nitrogens with zero attached hydrogens (tertiary/aromatic N) is 5. The highest BCUT2D eigenvalue weighted by atomic mass is 35.5. The number of rotatable bonds is 3. The summed E-state index contributed by atoms with van der Waals surface area (Å²) >= 11 is 5.98. The fourth-order valence-corrected chi connectivity index (χ4v) is 4.69. The van der Waals surface area contributed by atoms with E-state index < -0.39 is 5.82 Å². The summed E-state index contributed by atoms with van der Waals surface area (Å²) < 4.78 is 22.5. The first kappa shape index (κ1) is 23.4. The highest BCUT2D eigenvalue weighted by molar-refractivity contribution is 6.30. The van der Waals surface area contributed by atoms with Crippen molar-refractivity contribution in [3.63, 3.8) is 0 Å². The SMILES string of the molecule is Cc1cc(C2CN(c3cc4nc(C)n(C)c(=O)c4c(-c4ccc(Cl)cc4F)n3)CCO2)cc(C)n1. The molecule has 1 aliphatic rings. The third kappa shape index (κ3) is 4.39. The third-order valence-corrected chi connectivity index (χ3v) is 6.56. The number of halogens is 2. The van der Waals surface area contributed by atoms with E-state index in [-0.39, 0.29) is 33.3 Å². The summed E-state index contributed by atoms with van der Waals surface area (Å²) in [5.41, 5.74) is 3.55. The Balaban J connectivity index is 1.65. The molecule has 0 aliphatic carbocycles.